The molecule has 2 atom stereocenters. The second kappa shape index (κ2) is 6.39. The molecule has 2 heterocycles. The summed E-state index contributed by atoms with van der Waals surface area (Å²) < 4.78 is 7.43. The molecule has 3 aromatic rings. The number of nitrogens with zero attached hydrogens (tertiary/aromatic N) is 3. The number of fused-ring (bicyclic) bond motifs is 1. The molecule has 0 saturated carbocycles. The van der Waals surface area contributed by atoms with E-state index in [-0.39, 0.29) is 11.9 Å². The van der Waals surface area contributed by atoms with Crippen molar-refractivity contribution in [1.29, 1.82) is 0 Å². The van der Waals surface area contributed by atoms with E-state index in [1.807, 2.05) is 55.5 Å². The van der Waals surface area contributed by atoms with Crippen LogP contribution >= 0.6 is 0 Å². The fourth-order valence-electron chi connectivity index (χ4n) is 2.98. The molecule has 0 saturated heterocycles. The summed E-state index contributed by atoms with van der Waals surface area (Å²) >= 11 is 0. The number of aromatic nitrogens is 3. The molecule has 0 spiro atoms. The maximum atomic E-state index is 12.5. The van der Waals surface area contributed by atoms with E-state index in [0.29, 0.717) is 6.42 Å². The summed E-state index contributed by atoms with van der Waals surface area (Å²) in [6, 6.07) is 15.5. The van der Waals surface area contributed by atoms with Crippen LogP contribution in [0.5, 0.6) is 5.75 Å². The van der Waals surface area contributed by atoms with E-state index >= 15 is 0 Å². The smallest absolute Gasteiger partial charge is 0.261 e. The van der Waals surface area contributed by atoms with Crippen LogP contribution in [-0.2, 0) is 11.2 Å². The predicted octanol–water partition coefficient (Wildman–Crippen LogP) is 2.45. The quantitative estimate of drug-likeness (QED) is 0.796. The molecule has 1 amide bonds. The number of benzene rings is 2. The lowest BCUT2D eigenvalue weighted by molar-refractivity contribution is -0.127. The monoisotopic (exact) mass is 334 g/mol. The highest BCUT2D eigenvalue weighted by molar-refractivity contribution is 5.82. The fraction of sp³-hybridized carbons (Fsp3) is 0.211. The Hall–Kier alpha value is -3.15. The third-order valence-electron chi connectivity index (χ3n) is 4.37. The Labute approximate surface area is 145 Å². The number of nitrogens with one attached hydrogen (secondary N) is 1. The molecule has 1 aliphatic heterocycles. The maximum Gasteiger partial charge on any atom is 0.261 e. The van der Waals surface area contributed by atoms with Gasteiger partial charge in [-0.25, -0.2) is 9.67 Å². The Balaban J connectivity index is 1.40. The lowest BCUT2D eigenvalue weighted by Gasteiger charge is -2.17. The molecule has 0 radical (unpaired) electrons. The molecule has 1 N–H and O–H groups in total. The Bertz CT molecular complexity index is 850. The Morgan fingerprint density at radius 1 is 1.24 bits per heavy atom. The van der Waals surface area contributed by atoms with Crippen LogP contribution in [0.25, 0.3) is 5.69 Å². The second-order valence-corrected chi connectivity index (χ2v) is 6.08. The number of hydrogen-bond donors (Lipinski definition) is 1. The van der Waals surface area contributed by atoms with Gasteiger partial charge in [-0.05, 0) is 36.2 Å². The highest BCUT2D eigenvalue weighted by Crippen LogP contribution is 2.28. The fourth-order valence-corrected chi connectivity index (χ4v) is 2.98. The van der Waals surface area contributed by atoms with E-state index in [0.717, 1.165) is 22.6 Å². The van der Waals surface area contributed by atoms with Crippen LogP contribution in [0.4, 0.5) is 0 Å². The number of ether oxygens (including phenoxy) is 1. The van der Waals surface area contributed by atoms with Gasteiger partial charge in [0.2, 0.25) is 0 Å². The van der Waals surface area contributed by atoms with Crippen molar-refractivity contribution in [2.75, 3.05) is 0 Å². The van der Waals surface area contributed by atoms with Crippen molar-refractivity contribution in [3.63, 3.8) is 0 Å². The SMILES string of the molecule is C[C@H](NC(=O)[C@@H]1Cc2ccccc2O1)c1ccc(-n2cncn2)cc1. The summed E-state index contributed by atoms with van der Waals surface area (Å²) in [5.41, 5.74) is 3.02. The first-order valence-corrected chi connectivity index (χ1v) is 8.20. The van der Waals surface area contributed by atoms with E-state index in [1.54, 1.807) is 11.0 Å². The molecule has 0 bridgehead atoms. The average molecular weight is 334 g/mol. The van der Waals surface area contributed by atoms with Crippen molar-refractivity contribution in [3.05, 3.63) is 72.3 Å². The van der Waals surface area contributed by atoms with Gasteiger partial charge in [-0.2, -0.15) is 5.10 Å². The largest absolute Gasteiger partial charge is 0.480 e. The zero-order valence-corrected chi connectivity index (χ0v) is 13.8. The Morgan fingerprint density at radius 3 is 2.76 bits per heavy atom. The van der Waals surface area contributed by atoms with Crippen molar-refractivity contribution in [2.45, 2.75) is 25.5 Å². The van der Waals surface area contributed by atoms with Crippen LogP contribution in [0, 0.1) is 0 Å². The molecule has 6 nitrogen and oxygen atoms in total. The molecule has 0 fully saturated rings. The Morgan fingerprint density at radius 2 is 2.04 bits per heavy atom. The lowest BCUT2D eigenvalue weighted by atomic mass is 10.1. The van der Waals surface area contributed by atoms with E-state index in [1.165, 1.54) is 6.33 Å². The maximum absolute atomic E-state index is 12.5. The van der Waals surface area contributed by atoms with Crippen molar-refractivity contribution in [1.82, 2.24) is 20.1 Å². The van der Waals surface area contributed by atoms with Crippen LogP contribution in [0.2, 0.25) is 0 Å². The molecule has 1 aromatic heterocycles. The number of carbonyl (C=O) groups excluding carboxylic acids is 1. The minimum atomic E-state index is -0.464. The molecule has 4 rings (SSSR count). The molecule has 0 unspecified atom stereocenters. The lowest BCUT2D eigenvalue weighted by Crippen LogP contribution is -2.38. The van der Waals surface area contributed by atoms with Crippen LogP contribution in [0.3, 0.4) is 0 Å². The van der Waals surface area contributed by atoms with Gasteiger partial charge < -0.3 is 10.1 Å². The minimum Gasteiger partial charge on any atom is -0.480 e. The highest BCUT2D eigenvalue weighted by atomic mass is 16.5. The molecule has 25 heavy (non-hydrogen) atoms. The summed E-state index contributed by atoms with van der Waals surface area (Å²) in [7, 11) is 0. The number of para-hydroxylation sites is 1. The number of carbonyl (C=O) groups is 1. The van der Waals surface area contributed by atoms with Crippen LogP contribution in [-0.4, -0.2) is 26.8 Å². The molecule has 1 aliphatic rings. The molecule has 0 aliphatic carbocycles. The first kappa shape index (κ1) is 15.4. The van der Waals surface area contributed by atoms with Crippen molar-refractivity contribution in [3.8, 4) is 11.4 Å². The average Bonchev–Trinajstić information content (AvgIpc) is 3.31. The van der Waals surface area contributed by atoms with Crippen molar-refractivity contribution < 1.29 is 9.53 Å². The van der Waals surface area contributed by atoms with Crippen LogP contribution in [0.15, 0.2) is 61.2 Å². The van der Waals surface area contributed by atoms with Gasteiger partial charge in [0.25, 0.3) is 5.91 Å². The van der Waals surface area contributed by atoms with Gasteiger partial charge in [0.05, 0.1) is 11.7 Å². The van der Waals surface area contributed by atoms with Gasteiger partial charge in [-0.15, -0.1) is 0 Å². The van der Waals surface area contributed by atoms with Gasteiger partial charge in [0.15, 0.2) is 6.10 Å². The highest BCUT2D eigenvalue weighted by Gasteiger charge is 2.29. The zero-order valence-electron chi connectivity index (χ0n) is 13.8. The van der Waals surface area contributed by atoms with Gasteiger partial charge >= 0.3 is 0 Å². The summed E-state index contributed by atoms with van der Waals surface area (Å²) in [4.78, 5) is 16.4. The molecular formula is C19H18N4O2. The molecular weight excluding hydrogens is 316 g/mol. The van der Waals surface area contributed by atoms with Crippen LogP contribution in [0.1, 0.15) is 24.1 Å². The molecule has 126 valence electrons. The number of amides is 1. The summed E-state index contributed by atoms with van der Waals surface area (Å²) in [5, 5.41) is 7.13. The zero-order chi connectivity index (χ0) is 17.2. The van der Waals surface area contributed by atoms with Crippen LogP contribution < -0.4 is 10.1 Å². The van der Waals surface area contributed by atoms with E-state index in [9.17, 15) is 4.79 Å². The second-order valence-electron chi connectivity index (χ2n) is 6.08. The van der Waals surface area contributed by atoms with E-state index in [4.69, 9.17) is 4.74 Å². The third-order valence-corrected chi connectivity index (χ3v) is 4.37. The normalized spacial score (nSPS) is 16.8. The minimum absolute atomic E-state index is 0.0935. The molecule has 6 heteroatoms. The number of rotatable bonds is 4. The topological polar surface area (TPSA) is 69.0 Å². The summed E-state index contributed by atoms with van der Waals surface area (Å²) in [6.07, 6.45) is 3.29. The van der Waals surface area contributed by atoms with Gasteiger partial charge in [0.1, 0.15) is 18.4 Å². The van der Waals surface area contributed by atoms with E-state index in [2.05, 4.69) is 15.4 Å². The summed E-state index contributed by atoms with van der Waals surface area (Å²) in [6.45, 7) is 1.96. The third kappa shape index (κ3) is 3.10. The van der Waals surface area contributed by atoms with Gasteiger partial charge in [0, 0.05) is 6.42 Å². The predicted molar refractivity (Wildman–Crippen MR) is 92.5 cm³/mol. The number of hydrogen-bond acceptors (Lipinski definition) is 4. The van der Waals surface area contributed by atoms with Crippen molar-refractivity contribution >= 4 is 5.91 Å². The van der Waals surface area contributed by atoms with E-state index < -0.39 is 6.10 Å². The molecule has 2 aromatic carbocycles. The first-order chi connectivity index (χ1) is 12.2. The Kier molecular flexibility index (Phi) is 3.93. The summed E-state index contributed by atoms with van der Waals surface area (Å²) in [5.74, 6) is 0.705. The first-order valence-electron chi connectivity index (χ1n) is 8.20. The standard InChI is InChI=1S/C19H18N4O2/c1-13(14-6-8-16(9-7-14)23-12-20-11-21-23)22-19(24)18-10-15-4-2-3-5-17(15)25-18/h2-9,11-13,18H,10H2,1H3,(H,22,24)/t13-,18-/m0/s1. The van der Waals surface area contributed by atoms with Gasteiger partial charge in [-0.3, -0.25) is 4.79 Å². The van der Waals surface area contributed by atoms with Crippen molar-refractivity contribution in [2.24, 2.45) is 0 Å². The van der Waals surface area contributed by atoms with Gasteiger partial charge in [-0.1, -0.05) is 30.3 Å².